The molecule has 0 saturated heterocycles. The largest absolute Gasteiger partial charge is 0.493 e. The fraction of sp³-hybridized carbons (Fsp3) is 0.212. The van der Waals surface area contributed by atoms with Crippen molar-refractivity contribution in [2.45, 2.75) is 25.7 Å². The van der Waals surface area contributed by atoms with Crippen molar-refractivity contribution in [3.05, 3.63) is 131 Å². The number of rotatable bonds is 9. The number of ether oxygens (including phenoxy) is 3. The van der Waals surface area contributed by atoms with Crippen molar-refractivity contribution in [1.29, 1.82) is 0 Å². The number of benzene rings is 4. The first-order valence-corrected chi connectivity index (χ1v) is 12.7. The second-order valence-electron chi connectivity index (χ2n) is 9.35. The summed E-state index contributed by atoms with van der Waals surface area (Å²) in [6.07, 6.45) is 5.44. The molecule has 0 aliphatic carbocycles. The van der Waals surface area contributed by atoms with Gasteiger partial charge in [0.25, 0.3) is 0 Å². The van der Waals surface area contributed by atoms with Gasteiger partial charge >= 0.3 is 0 Å². The van der Waals surface area contributed by atoms with Gasteiger partial charge < -0.3 is 14.2 Å². The van der Waals surface area contributed by atoms with Crippen LogP contribution in [0.1, 0.15) is 33.9 Å². The molecule has 0 N–H and O–H groups in total. The number of likely N-dealkylation sites (N-methyl/N-ethyl adjacent to an activating group) is 1. The van der Waals surface area contributed by atoms with Crippen molar-refractivity contribution in [3.63, 3.8) is 0 Å². The third kappa shape index (κ3) is 6.22. The molecule has 1 heterocycles. The average Bonchev–Trinajstić information content (AvgIpc) is 2.95. The number of nitrogens with zero attached hydrogens (tertiary/aromatic N) is 1. The van der Waals surface area contributed by atoms with Crippen LogP contribution >= 0.6 is 0 Å². The molecule has 188 valence electrons. The number of hydrogen-bond acceptors (Lipinski definition) is 4. The molecule has 1 atom stereocenters. The highest BCUT2D eigenvalue weighted by Crippen LogP contribution is 2.39. The summed E-state index contributed by atoms with van der Waals surface area (Å²) in [5, 5.41) is 0. The highest BCUT2D eigenvalue weighted by atomic mass is 16.5. The van der Waals surface area contributed by atoms with Crippen LogP contribution in [0.3, 0.4) is 0 Å². The van der Waals surface area contributed by atoms with Crippen molar-refractivity contribution in [1.82, 2.24) is 4.90 Å². The summed E-state index contributed by atoms with van der Waals surface area (Å²) in [7, 11) is 3.88. The first-order chi connectivity index (χ1) is 18.2. The molecule has 0 radical (unpaired) electrons. The molecule has 0 bridgehead atoms. The molecule has 4 heteroatoms. The van der Waals surface area contributed by atoms with Crippen LogP contribution in [0, 0.1) is 0 Å². The van der Waals surface area contributed by atoms with Gasteiger partial charge in [0.1, 0.15) is 19.0 Å². The van der Waals surface area contributed by atoms with Gasteiger partial charge in [0.2, 0.25) is 0 Å². The average molecular weight is 492 g/mol. The van der Waals surface area contributed by atoms with Gasteiger partial charge in [0.15, 0.2) is 11.5 Å². The normalized spacial score (nSPS) is 15.4. The van der Waals surface area contributed by atoms with Crippen molar-refractivity contribution < 1.29 is 14.2 Å². The Labute approximate surface area is 219 Å². The Kier molecular flexibility index (Phi) is 7.87. The Morgan fingerprint density at radius 1 is 0.784 bits per heavy atom. The summed E-state index contributed by atoms with van der Waals surface area (Å²) in [5.74, 6) is 2.43. The lowest BCUT2D eigenvalue weighted by atomic mass is 9.91. The second kappa shape index (κ2) is 11.8. The van der Waals surface area contributed by atoms with E-state index in [0.717, 1.165) is 46.9 Å². The summed E-state index contributed by atoms with van der Waals surface area (Å²) in [4.78, 5) is 2.38. The Balaban J connectivity index is 1.31. The standard InChI is InChI=1S/C33H33NO3/c1-34-20-19-28-21-32(35-2)33(37-24-27-11-7-4-8-12-27)22-30(28)31(34)18-15-25-13-16-29(17-14-25)36-23-26-9-5-3-6-10-26/h3-18,21-22,31H,19-20,23-24H2,1-2H3/t31-/m1/s1. The fourth-order valence-corrected chi connectivity index (χ4v) is 4.66. The first kappa shape index (κ1) is 24.7. The number of methoxy groups -OCH3 is 1. The fourth-order valence-electron chi connectivity index (χ4n) is 4.66. The minimum Gasteiger partial charge on any atom is -0.493 e. The van der Waals surface area contributed by atoms with Crippen molar-refractivity contribution in [2.24, 2.45) is 0 Å². The van der Waals surface area contributed by atoms with E-state index in [2.05, 4.69) is 72.6 Å². The minimum atomic E-state index is 0.155. The van der Waals surface area contributed by atoms with Gasteiger partial charge in [-0.3, -0.25) is 4.90 Å². The molecule has 0 spiro atoms. The maximum Gasteiger partial charge on any atom is 0.162 e. The third-order valence-electron chi connectivity index (χ3n) is 6.79. The molecule has 0 saturated carbocycles. The highest BCUT2D eigenvalue weighted by molar-refractivity contribution is 5.55. The second-order valence-corrected chi connectivity index (χ2v) is 9.35. The maximum atomic E-state index is 6.21. The quantitative estimate of drug-likeness (QED) is 0.250. The van der Waals surface area contributed by atoms with Gasteiger partial charge in [-0.05, 0) is 65.6 Å². The Bertz CT molecular complexity index is 1320. The SMILES string of the molecule is COc1cc2c(cc1OCc1ccccc1)[C@@H](C=Cc1ccc(OCc3ccccc3)cc1)N(C)CC2. The molecule has 37 heavy (non-hydrogen) atoms. The lowest BCUT2D eigenvalue weighted by molar-refractivity contribution is 0.263. The van der Waals surface area contributed by atoms with Crippen molar-refractivity contribution in [2.75, 3.05) is 20.7 Å². The van der Waals surface area contributed by atoms with Crippen LogP contribution in [-0.2, 0) is 19.6 Å². The van der Waals surface area contributed by atoms with Crippen molar-refractivity contribution >= 4 is 6.08 Å². The molecule has 0 unspecified atom stereocenters. The van der Waals surface area contributed by atoms with Gasteiger partial charge in [-0.15, -0.1) is 0 Å². The smallest absolute Gasteiger partial charge is 0.162 e. The van der Waals surface area contributed by atoms with E-state index in [4.69, 9.17) is 14.2 Å². The van der Waals surface area contributed by atoms with Crippen LogP contribution in [0.25, 0.3) is 6.08 Å². The van der Waals surface area contributed by atoms with Crippen LogP contribution < -0.4 is 14.2 Å². The summed E-state index contributed by atoms with van der Waals surface area (Å²) in [5.41, 5.74) is 6.00. The lowest BCUT2D eigenvalue weighted by Gasteiger charge is -2.33. The topological polar surface area (TPSA) is 30.9 Å². The van der Waals surface area contributed by atoms with E-state index >= 15 is 0 Å². The molecular weight excluding hydrogens is 458 g/mol. The van der Waals surface area contributed by atoms with E-state index in [1.165, 1.54) is 11.1 Å². The molecule has 1 aliphatic rings. The monoisotopic (exact) mass is 491 g/mol. The summed E-state index contributed by atoms with van der Waals surface area (Å²) < 4.78 is 17.8. The molecule has 1 aliphatic heterocycles. The van der Waals surface area contributed by atoms with E-state index in [1.807, 2.05) is 48.5 Å². The molecule has 4 aromatic carbocycles. The van der Waals surface area contributed by atoms with Gasteiger partial charge in [0, 0.05) is 6.54 Å². The molecule has 0 fully saturated rings. The lowest BCUT2D eigenvalue weighted by Crippen LogP contribution is -2.31. The number of hydrogen-bond donors (Lipinski definition) is 0. The predicted molar refractivity (Wildman–Crippen MR) is 149 cm³/mol. The van der Waals surface area contributed by atoms with E-state index < -0.39 is 0 Å². The van der Waals surface area contributed by atoms with Gasteiger partial charge in [-0.2, -0.15) is 0 Å². The van der Waals surface area contributed by atoms with Crippen LogP contribution in [0.5, 0.6) is 17.2 Å². The van der Waals surface area contributed by atoms with Crippen LogP contribution in [0.2, 0.25) is 0 Å². The molecule has 5 rings (SSSR count). The predicted octanol–water partition coefficient (Wildman–Crippen LogP) is 7.10. The van der Waals surface area contributed by atoms with Crippen LogP contribution in [0.15, 0.2) is 103 Å². The first-order valence-electron chi connectivity index (χ1n) is 12.7. The van der Waals surface area contributed by atoms with E-state index in [1.54, 1.807) is 7.11 Å². The molecule has 0 aromatic heterocycles. The number of fused-ring (bicyclic) bond motifs is 1. The van der Waals surface area contributed by atoms with Crippen LogP contribution in [0.4, 0.5) is 0 Å². The summed E-state index contributed by atoms with van der Waals surface area (Å²) >= 11 is 0. The Hall–Kier alpha value is -4.02. The third-order valence-corrected chi connectivity index (χ3v) is 6.79. The van der Waals surface area contributed by atoms with Crippen LogP contribution in [-0.4, -0.2) is 25.6 Å². The molecular formula is C33H33NO3. The maximum absolute atomic E-state index is 6.21. The highest BCUT2D eigenvalue weighted by Gasteiger charge is 2.25. The zero-order valence-electron chi connectivity index (χ0n) is 21.5. The Morgan fingerprint density at radius 2 is 1.43 bits per heavy atom. The zero-order valence-corrected chi connectivity index (χ0v) is 21.5. The molecule has 4 nitrogen and oxygen atoms in total. The summed E-state index contributed by atoms with van der Waals surface area (Å²) in [6, 6.07) is 33.1. The van der Waals surface area contributed by atoms with Gasteiger partial charge in [-0.25, -0.2) is 0 Å². The summed E-state index contributed by atoms with van der Waals surface area (Å²) in [6.45, 7) is 2.06. The minimum absolute atomic E-state index is 0.155. The van der Waals surface area contributed by atoms with Gasteiger partial charge in [-0.1, -0.05) is 84.9 Å². The van der Waals surface area contributed by atoms with Crippen molar-refractivity contribution in [3.8, 4) is 17.2 Å². The zero-order chi connectivity index (χ0) is 25.5. The van der Waals surface area contributed by atoms with E-state index in [-0.39, 0.29) is 6.04 Å². The molecule has 4 aromatic rings. The van der Waals surface area contributed by atoms with E-state index in [9.17, 15) is 0 Å². The Morgan fingerprint density at radius 3 is 2.08 bits per heavy atom. The molecule has 0 amide bonds. The van der Waals surface area contributed by atoms with E-state index in [0.29, 0.717) is 13.2 Å². The van der Waals surface area contributed by atoms with Gasteiger partial charge in [0.05, 0.1) is 13.2 Å².